The van der Waals surface area contributed by atoms with Gasteiger partial charge in [-0.1, -0.05) is 24.6 Å². The summed E-state index contributed by atoms with van der Waals surface area (Å²) in [5.41, 5.74) is 0. The first-order valence-electron chi connectivity index (χ1n) is 6.92. The summed E-state index contributed by atoms with van der Waals surface area (Å²) in [7, 11) is -3.73. The van der Waals surface area contributed by atoms with E-state index in [1.165, 1.54) is 25.0 Å². The zero-order chi connectivity index (χ0) is 14.4. The molecule has 1 fully saturated rings. The molecule has 0 radical (unpaired) electrons. The average molecular weight is 296 g/mol. The molecular weight excluding hydrogens is 276 g/mol. The van der Waals surface area contributed by atoms with Crippen LogP contribution in [0.25, 0.3) is 0 Å². The summed E-state index contributed by atoms with van der Waals surface area (Å²) in [6.45, 7) is 0.981. The molecule has 0 aromatic heterocycles. The molecule has 1 saturated heterocycles. The third-order valence-electron chi connectivity index (χ3n) is 3.43. The van der Waals surface area contributed by atoms with Gasteiger partial charge >= 0.3 is 0 Å². The van der Waals surface area contributed by atoms with Gasteiger partial charge in [0.1, 0.15) is 0 Å². The highest BCUT2D eigenvalue weighted by Gasteiger charge is 2.19. The van der Waals surface area contributed by atoms with Crippen LogP contribution < -0.4 is 10.0 Å². The molecule has 5 nitrogen and oxygen atoms in total. The number of hydrogen-bond acceptors (Lipinski definition) is 4. The summed E-state index contributed by atoms with van der Waals surface area (Å²) in [5, 5.41) is 3.34. The first-order valence-corrected chi connectivity index (χ1v) is 8.40. The maximum absolute atomic E-state index is 11.9. The van der Waals surface area contributed by atoms with Crippen molar-refractivity contribution in [2.75, 3.05) is 6.54 Å². The summed E-state index contributed by atoms with van der Waals surface area (Å²) < 4.78 is 26.0. The van der Waals surface area contributed by atoms with Gasteiger partial charge in [-0.2, -0.15) is 0 Å². The highest BCUT2D eigenvalue weighted by molar-refractivity contribution is 7.90. The first-order chi connectivity index (χ1) is 9.58. The standard InChI is InChI=1S/C14H20N2O3S/c17-14(10-9-12-6-4-5-11-15-12)16-20(18,19)13-7-2-1-3-8-13/h1-3,7-8,12,15H,4-6,9-11H2,(H,16,17). The van der Waals surface area contributed by atoms with E-state index in [0.717, 1.165) is 13.0 Å². The Morgan fingerprint density at radius 2 is 2.00 bits per heavy atom. The molecule has 1 aromatic carbocycles. The Balaban J connectivity index is 1.84. The average Bonchev–Trinajstić information content (AvgIpc) is 2.47. The van der Waals surface area contributed by atoms with E-state index < -0.39 is 15.9 Å². The Morgan fingerprint density at radius 3 is 2.65 bits per heavy atom. The minimum absolute atomic E-state index is 0.115. The molecule has 6 heteroatoms. The molecule has 1 amide bonds. The van der Waals surface area contributed by atoms with E-state index in [9.17, 15) is 13.2 Å². The highest BCUT2D eigenvalue weighted by atomic mass is 32.2. The molecule has 20 heavy (non-hydrogen) atoms. The van der Waals surface area contributed by atoms with E-state index in [2.05, 4.69) is 10.0 Å². The number of hydrogen-bond donors (Lipinski definition) is 2. The lowest BCUT2D eigenvalue weighted by molar-refractivity contribution is -0.119. The minimum atomic E-state index is -3.73. The molecule has 0 aliphatic carbocycles. The monoisotopic (exact) mass is 296 g/mol. The van der Waals surface area contributed by atoms with E-state index >= 15 is 0 Å². The summed E-state index contributed by atoms with van der Waals surface area (Å²) in [6, 6.07) is 8.26. The van der Waals surface area contributed by atoms with Crippen LogP contribution in [-0.4, -0.2) is 26.9 Å². The Kier molecular flexibility index (Phi) is 5.14. The van der Waals surface area contributed by atoms with Gasteiger partial charge in [-0.05, 0) is 37.9 Å². The van der Waals surface area contributed by atoms with Gasteiger partial charge < -0.3 is 5.32 Å². The second-order valence-electron chi connectivity index (χ2n) is 5.03. The number of benzene rings is 1. The minimum Gasteiger partial charge on any atom is -0.314 e. The fraction of sp³-hybridized carbons (Fsp3) is 0.500. The Labute approximate surface area is 119 Å². The van der Waals surface area contributed by atoms with Crippen LogP contribution in [-0.2, 0) is 14.8 Å². The van der Waals surface area contributed by atoms with Crippen molar-refractivity contribution < 1.29 is 13.2 Å². The second-order valence-corrected chi connectivity index (χ2v) is 6.71. The van der Waals surface area contributed by atoms with Crippen molar-refractivity contribution in [1.82, 2.24) is 10.0 Å². The number of carbonyl (C=O) groups is 1. The fourth-order valence-corrected chi connectivity index (χ4v) is 3.37. The summed E-state index contributed by atoms with van der Waals surface area (Å²) in [5.74, 6) is -0.443. The van der Waals surface area contributed by atoms with Crippen LogP contribution in [0.4, 0.5) is 0 Å². The lowest BCUT2D eigenvalue weighted by Gasteiger charge is -2.22. The van der Waals surface area contributed by atoms with E-state index in [-0.39, 0.29) is 11.3 Å². The zero-order valence-electron chi connectivity index (χ0n) is 11.3. The largest absolute Gasteiger partial charge is 0.314 e. The Bertz CT molecular complexity index is 537. The highest BCUT2D eigenvalue weighted by Crippen LogP contribution is 2.12. The van der Waals surface area contributed by atoms with Crippen LogP contribution in [0.5, 0.6) is 0 Å². The van der Waals surface area contributed by atoms with Crippen LogP contribution in [0, 0.1) is 0 Å². The number of amides is 1. The predicted molar refractivity (Wildman–Crippen MR) is 76.6 cm³/mol. The van der Waals surface area contributed by atoms with Crippen LogP contribution in [0.3, 0.4) is 0 Å². The van der Waals surface area contributed by atoms with Crippen molar-refractivity contribution in [2.45, 2.75) is 43.0 Å². The predicted octanol–water partition coefficient (Wildman–Crippen LogP) is 1.41. The summed E-state index contributed by atoms with van der Waals surface area (Å²) in [6.07, 6.45) is 4.30. The van der Waals surface area contributed by atoms with Gasteiger partial charge in [-0.3, -0.25) is 4.79 Å². The molecule has 1 unspecified atom stereocenters. The lowest BCUT2D eigenvalue weighted by atomic mass is 10.0. The van der Waals surface area contributed by atoms with Gasteiger partial charge in [0.25, 0.3) is 10.0 Å². The molecule has 1 atom stereocenters. The van der Waals surface area contributed by atoms with Crippen molar-refractivity contribution in [3.63, 3.8) is 0 Å². The Morgan fingerprint density at radius 1 is 1.25 bits per heavy atom. The molecule has 0 bridgehead atoms. The summed E-state index contributed by atoms with van der Waals surface area (Å²) in [4.78, 5) is 11.9. The second kappa shape index (κ2) is 6.85. The van der Waals surface area contributed by atoms with E-state index in [0.29, 0.717) is 12.5 Å². The van der Waals surface area contributed by atoms with Crippen LogP contribution >= 0.6 is 0 Å². The number of carbonyl (C=O) groups excluding carboxylic acids is 1. The maximum Gasteiger partial charge on any atom is 0.264 e. The zero-order valence-corrected chi connectivity index (χ0v) is 12.2. The molecule has 2 rings (SSSR count). The fourth-order valence-electron chi connectivity index (χ4n) is 2.34. The molecular formula is C14H20N2O3S. The lowest BCUT2D eigenvalue weighted by Crippen LogP contribution is -2.36. The SMILES string of the molecule is O=C(CCC1CCCCN1)NS(=O)(=O)c1ccccc1. The molecule has 1 heterocycles. The van der Waals surface area contributed by atoms with Crippen LogP contribution in [0.2, 0.25) is 0 Å². The van der Waals surface area contributed by atoms with Crippen molar-refractivity contribution in [3.05, 3.63) is 30.3 Å². The van der Waals surface area contributed by atoms with E-state index in [4.69, 9.17) is 0 Å². The van der Waals surface area contributed by atoms with Crippen LogP contribution in [0.1, 0.15) is 32.1 Å². The summed E-state index contributed by atoms with van der Waals surface area (Å²) >= 11 is 0. The number of sulfonamides is 1. The van der Waals surface area contributed by atoms with Gasteiger partial charge in [-0.15, -0.1) is 0 Å². The molecule has 2 N–H and O–H groups in total. The van der Waals surface area contributed by atoms with Gasteiger partial charge in [0.15, 0.2) is 0 Å². The van der Waals surface area contributed by atoms with E-state index in [1.807, 2.05) is 0 Å². The first kappa shape index (κ1) is 15.0. The quantitative estimate of drug-likeness (QED) is 0.861. The smallest absolute Gasteiger partial charge is 0.264 e. The maximum atomic E-state index is 11.9. The molecule has 110 valence electrons. The van der Waals surface area contributed by atoms with Gasteiger partial charge in [-0.25, -0.2) is 13.1 Å². The topological polar surface area (TPSA) is 75.3 Å². The Hall–Kier alpha value is -1.40. The molecule has 1 aliphatic rings. The number of rotatable bonds is 5. The van der Waals surface area contributed by atoms with Gasteiger partial charge in [0.2, 0.25) is 5.91 Å². The van der Waals surface area contributed by atoms with Crippen molar-refractivity contribution in [2.24, 2.45) is 0 Å². The number of piperidine rings is 1. The molecule has 0 saturated carbocycles. The van der Waals surface area contributed by atoms with Gasteiger partial charge in [0, 0.05) is 12.5 Å². The van der Waals surface area contributed by atoms with Gasteiger partial charge in [0.05, 0.1) is 4.90 Å². The normalized spacial score (nSPS) is 19.5. The molecule has 1 aromatic rings. The van der Waals surface area contributed by atoms with Crippen molar-refractivity contribution in [3.8, 4) is 0 Å². The van der Waals surface area contributed by atoms with Crippen LogP contribution in [0.15, 0.2) is 35.2 Å². The number of nitrogens with one attached hydrogen (secondary N) is 2. The molecule has 1 aliphatic heterocycles. The molecule has 0 spiro atoms. The van der Waals surface area contributed by atoms with Crippen molar-refractivity contribution in [1.29, 1.82) is 0 Å². The van der Waals surface area contributed by atoms with Crippen molar-refractivity contribution >= 4 is 15.9 Å². The van der Waals surface area contributed by atoms with E-state index in [1.54, 1.807) is 18.2 Å². The third-order valence-corrected chi connectivity index (χ3v) is 4.82. The third kappa shape index (κ3) is 4.31.